The fourth-order valence-corrected chi connectivity index (χ4v) is 4.04. The first kappa shape index (κ1) is 12.5. The Morgan fingerprint density at radius 3 is 3.06 bits per heavy atom. The number of rotatable bonds is 4. The average molecular weight is 304 g/mol. The fraction of sp³-hybridized carbons (Fsp3) is 0.667. The molecule has 1 aromatic rings. The highest BCUT2D eigenvalue weighted by atomic mass is 79.9. The van der Waals surface area contributed by atoms with Crippen molar-refractivity contribution in [3.8, 4) is 0 Å². The molecule has 2 unspecified atom stereocenters. The van der Waals surface area contributed by atoms with Gasteiger partial charge >= 0.3 is 0 Å². The fourth-order valence-electron chi connectivity index (χ4n) is 2.17. The zero-order valence-electron chi connectivity index (χ0n) is 9.54. The summed E-state index contributed by atoms with van der Waals surface area (Å²) in [5, 5.41) is 4.20. The van der Waals surface area contributed by atoms with Crippen molar-refractivity contribution in [2.24, 2.45) is 0 Å². The summed E-state index contributed by atoms with van der Waals surface area (Å²) in [5.41, 5.74) is 0. The van der Waals surface area contributed by atoms with Crippen LogP contribution in [0.1, 0.15) is 38.0 Å². The van der Waals surface area contributed by atoms with Crippen molar-refractivity contribution < 1.29 is 4.42 Å². The average Bonchev–Trinajstić information content (AvgIpc) is 2.73. The minimum absolute atomic E-state index is 0.347. The molecule has 0 aromatic carbocycles. The van der Waals surface area contributed by atoms with Gasteiger partial charge in [0.15, 0.2) is 0 Å². The van der Waals surface area contributed by atoms with Crippen LogP contribution >= 0.6 is 27.7 Å². The monoisotopic (exact) mass is 303 g/mol. The van der Waals surface area contributed by atoms with Gasteiger partial charge in [-0.2, -0.15) is 11.8 Å². The van der Waals surface area contributed by atoms with E-state index in [1.165, 1.54) is 25.0 Å². The van der Waals surface area contributed by atoms with Gasteiger partial charge in [0, 0.05) is 5.25 Å². The number of nitrogens with one attached hydrogen (secondary N) is 1. The SMILES string of the molecule is CCNC(c1occc1Br)C1CCCCS1. The molecule has 0 saturated carbocycles. The molecular weight excluding hydrogens is 286 g/mol. The Morgan fingerprint density at radius 2 is 2.50 bits per heavy atom. The maximum absolute atomic E-state index is 5.61. The third-order valence-electron chi connectivity index (χ3n) is 2.94. The Labute approximate surface area is 110 Å². The summed E-state index contributed by atoms with van der Waals surface area (Å²) < 4.78 is 6.70. The van der Waals surface area contributed by atoms with Crippen molar-refractivity contribution in [1.29, 1.82) is 0 Å². The van der Waals surface area contributed by atoms with Gasteiger partial charge in [0.2, 0.25) is 0 Å². The molecule has 1 saturated heterocycles. The van der Waals surface area contributed by atoms with Crippen molar-refractivity contribution in [2.75, 3.05) is 12.3 Å². The van der Waals surface area contributed by atoms with Crippen LogP contribution in [0.2, 0.25) is 0 Å². The third kappa shape index (κ3) is 2.84. The quantitative estimate of drug-likeness (QED) is 0.911. The largest absolute Gasteiger partial charge is 0.466 e. The van der Waals surface area contributed by atoms with Crippen LogP contribution in [0.15, 0.2) is 21.2 Å². The Balaban J connectivity index is 2.12. The van der Waals surface area contributed by atoms with Gasteiger partial charge in [-0.25, -0.2) is 0 Å². The van der Waals surface area contributed by atoms with Gasteiger partial charge in [0.25, 0.3) is 0 Å². The van der Waals surface area contributed by atoms with E-state index in [0.717, 1.165) is 16.8 Å². The van der Waals surface area contributed by atoms with Gasteiger partial charge in [0.05, 0.1) is 16.8 Å². The van der Waals surface area contributed by atoms with Gasteiger partial charge in [-0.3, -0.25) is 0 Å². The zero-order chi connectivity index (χ0) is 11.4. The molecule has 1 aliphatic heterocycles. The minimum Gasteiger partial charge on any atom is -0.466 e. The Bertz CT molecular complexity index is 323. The van der Waals surface area contributed by atoms with Crippen LogP contribution in [0.3, 0.4) is 0 Å². The lowest BCUT2D eigenvalue weighted by molar-refractivity contribution is 0.393. The summed E-state index contributed by atoms with van der Waals surface area (Å²) >= 11 is 5.64. The molecule has 1 aliphatic rings. The molecular formula is C12H18BrNOS. The van der Waals surface area contributed by atoms with Gasteiger partial charge < -0.3 is 9.73 Å². The van der Waals surface area contributed by atoms with Gasteiger partial charge in [-0.1, -0.05) is 13.3 Å². The number of thioether (sulfide) groups is 1. The topological polar surface area (TPSA) is 25.2 Å². The van der Waals surface area contributed by atoms with Crippen molar-refractivity contribution in [3.05, 3.63) is 22.6 Å². The molecule has 90 valence electrons. The van der Waals surface area contributed by atoms with Crippen LogP contribution in [0.5, 0.6) is 0 Å². The molecule has 0 radical (unpaired) electrons. The summed E-state index contributed by atoms with van der Waals surface area (Å²) in [7, 11) is 0. The molecule has 4 heteroatoms. The van der Waals surface area contributed by atoms with Crippen molar-refractivity contribution in [3.63, 3.8) is 0 Å². The number of furan rings is 1. The lowest BCUT2D eigenvalue weighted by Crippen LogP contribution is -2.31. The van der Waals surface area contributed by atoms with E-state index in [4.69, 9.17) is 4.42 Å². The molecule has 2 atom stereocenters. The highest BCUT2D eigenvalue weighted by molar-refractivity contribution is 9.10. The number of hydrogen-bond donors (Lipinski definition) is 1. The van der Waals surface area contributed by atoms with Crippen molar-refractivity contribution >= 4 is 27.7 Å². The van der Waals surface area contributed by atoms with Gasteiger partial charge in [-0.05, 0) is 47.1 Å². The van der Waals surface area contributed by atoms with E-state index in [1.54, 1.807) is 6.26 Å². The second-order valence-electron chi connectivity index (χ2n) is 4.07. The van der Waals surface area contributed by atoms with Crippen LogP contribution in [0.25, 0.3) is 0 Å². The van der Waals surface area contributed by atoms with Crippen molar-refractivity contribution in [1.82, 2.24) is 5.32 Å². The summed E-state index contributed by atoms with van der Waals surface area (Å²) in [6, 6.07) is 2.33. The van der Waals surface area contributed by atoms with Crippen LogP contribution in [-0.2, 0) is 0 Å². The van der Waals surface area contributed by atoms with Crippen LogP contribution < -0.4 is 5.32 Å². The summed E-state index contributed by atoms with van der Waals surface area (Å²) in [6.07, 6.45) is 5.75. The predicted octanol–water partition coefficient (Wildman–Crippen LogP) is 3.98. The molecule has 0 aliphatic carbocycles. The first-order valence-electron chi connectivity index (χ1n) is 5.90. The van der Waals surface area contributed by atoms with E-state index in [2.05, 4.69) is 39.9 Å². The lowest BCUT2D eigenvalue weighted by atomic mass is 10.0. The Hall–Kier alpha value is 0.0700. The predicted molar refractivity (Wildman–Crippen MR) is 72.9 cm³/mol. The first-order chi connectivity index (χ1) is 7.83. The molecule has 1 fully saturated rings. The molecule has 2 nitrogen and oxygen atoms in total. The van der Waals surface area contributed by atoms with Gasteiger partial charge in [-0.15, -0.1) is 0 Å². The maximum Gasteiger partial charge on any atom is 0.135 e. The summed E-state index contributed by atoms with van der Waals surface area (Å²) in [4.78, 5) is 0. The van der Waals surface area contributed by atoms with Gasteiger partial charge in [0.1, 0.15) is 5.76 Å². The Kier molecular flexibility index (Phi) is 4.79. The van der Waals surface area contributed by atoms with Crippen LogP contribution in [0, 0.1) is 0 Å². The standard InChI is InChI=1S/C12H18BrNOS/c1-2-14-11(10-5-3-4-8-16-10)12-9(13)6-7-15-12/h6-7,10-11,14H,2-5,8H2,1H3. The van der Waals surface area contributed by atoms with E-state index in [-0.39, 0.29) is 0 Å². The summed E-state index contributed by atoms with van der Waals surface area (Å²) in [5.74, 6) is 2.34. The molecule has 2 rings (SSSR count). The van der Waals surface area contributed by atoms with E-state index < -0.39 is 0 Å². The number of hydrogen-bond acceptors (Lipinski definition) is 3. The highest BCUT2D eigenvalue weighted by Crippen LogP contribution is 2.37. The third-order valence-corrected chi connectivity index (χ3v) is 5.05. The lowest BCUT2D eigenvalue weighted by Gasteiger charge is -2.29. The number of halogens is 1. The van der Waals surface area contributed by atoms with Crippen LogP contribution in [0.4, 0.5) is 0 Å². The minimum atomic E-state index is 0.347. The van der Waals surface area contributed by atoms with Crippen molar-refractivity contribution in [2.45, 2.75) is 37.5 Å². The molecule has 16 heavy (non-hydrogen) atoms. The summed E-state index contributed by atoms with van der Waals surface area (Å²) in [6.45, 7) is 3.13. The molecule has 1 aromatic heterocycles. The van der Waals surface area contributed by atoms with E-state index in [1.807, 2.05) is 6.07 Å². The molecule has 0 amide bonds. The second kappa shape index (κ2) is 6.12. The molecule has 1 N–H and O–H groups in total. The molecule has 0 spiro atoms. The zero-order valence-corrected chi connectivity index (χ0v) is 11.9. The van der Waals surface area contributed by atoms with Crippen LogP contribution in [-0.4, -0.2) is 17.5 Å². The smallest absolute Gasteiger partial charge is 0.135 e. The maximum atomic E-state index is 5.61. The van der Waals surface area contributed by atoms with E-state index in [9.17, 15) is 0 Å². The Morgan fingerprint density at radius 1 is 1.62 bits per heavy atom. The molecule has 2 heterocycles. The van der Waals surface area contributed by atoms with E-state index >= 15 is 0 Å². The first-order valence-corrected chi connectivity index (χ1v) is 7.75. The molecule has 0 bridgehead atoms. The highest BCUT2D eigenvalue weighted by Gasteiger charge is 2.28. The van der Waals surface area contributed by atoms with E-state index in [0.29, 0.717) is 11.3 Å². The normalized spacial score (nSPS) is 23.2. The second-order valence-corrected chi connectivity index (χ2v) is 6.27.